The first-order valence-electron chi connectivity index (χ1n) is 7.49. The molecular weight excluding hydrogens is 378 g/mol. The number of carbonyl (C=O) groups excluding carboxylic acids is 1. The van der Waals surface area contributed by atoms with Gasteiger partial charge in [0, 0.05) is 29.8 Å². The zero-order valence-corrected chi connectivity index (χ0v) is 14.3. The highest BCUT2D eigenvalue weighted by Gasteiger charge is 2.27. The number of pyridine rings is 1. The Labute approximate surface area is 146 Å². The number of likely N-dealkylation sites (tertiary alicyclic amines) is 1. The van der Waals surface area contributed by atoms with E-state index in [2.05, 4.69) is 31.3 Å². The monoisotopic (exact) mass is 393 g/mol. The summed E-state index contributed by atoms with van der Waals surface area (Å²) in [6.45, 7) is 0.848. The number of carboxylic acid groups (broad SMARTS) is 1. The van der Waals surface area contributed by atoms with Crippen LogP contribution in [0.3, 0.4) is 0 Å². The summed E-state index contributed by atoms with van der Waals surface area (Å²) in [6, 6.07) is 5.04. The van der Waals surface area contributed by atoms with Gasteiger partial charge in [0.25, 0.3) is 0 Å². The highest BCUT2D eigenvalue weighted by atomic mass is 79.9. The smallest absolute Gasteiger partial charge is 0.323 e. The van der Waals surface area contributed by atoms with E-state index in [1.54, 1.807) is 29.4 Å². The van der Waals surface area contributed by atoms with E-state index in [0.29, 0.717) is 37.6 Å². The zero-order chi connectivity index (χ0) is 17.1. The van der Waals surface area contributed by atoms with Gasteiger partial charge in [-0.15, -0.1) is 0 Å². The second kappa shape index (κ2) is 7.00. The van der Waals surface area contributed by atoms with Crippen LogP contribution in [0.4, 0.5) is 10.6 Å². The lowest BCUT2D eigenvalue weighted by atomic mass is 9.97. The normalized spacial score (nSPS) is 15.3. The summed E-state index contributed by atoms with van der Waals surface area (Å²) in [7, 11) is 0. The fourth-order valence-electron chi connectivity index (χ4n) is 2.59. The van der Waals surface area contributed by atoms with Crippen LogP contribution in [0.25, 0.3) is 5.82 Å². The number of hydrogen-bond donors (Lipinski definition) is 2. The van der Waals surface area contributed by atoms with E-state index in [1.807, 2.05) is 6.07 Å². The average Bonchev–Trinajstić information content (AvgIpc) is 3.03. The molecule has 0 atom stereocenters. The van der Waals surface area contributed by atoms with Crippen LogP contribution in [0.2, 0.25) is 0 Å². The quantitative estimate of drug-likeness (QED) is 0.833. The Balaban J connectivity index is 1.67. The molecule has 1 aliphatic rings. The van der Waals surface area contributed by atoms with Gasteiger partial charge in [-0.05, 0) is 40.9 Å². The Morgan fingerprint density at radius 1 is 1.25 bits per heavy atom. The summed E-state index contributed by atoms with van der Waals surface area (Å²) in [5.41, 5.74) is 0. The van der Waals surface area contributed by atoms with E-state index in [4.69, 9.17) is 5.11 Å². The molecule has 3 rings (SSSR count). The van der Waals surface area contributed by atoms with E-state index in [-0.39, 0.29) is 11.9 Å². The number of nitrogens with one attached hydrogen (secondary N) is 1. The van der Waals surface area contributed by atoms with Gasteiger partial charge >= 0.3 is 12.0 Å². The lowest BCUT2D eigenvalue weighted by Crippen LogP contribution is -2.42. The maximum absolute atomic E-state index is 12.4. The first-order valence-corrected chi connectivity index (χ1v) is 8.28. The highest BCUT2D eigenvalue weighted by Crippen LogP contribution is 2.19. The van der Waals surface area contributed by atoms with E-state index in [9.17, 15) is 9.59 Å². The molecule has 3 heterocycles. The van der Waals surface area contributed by atoms with Crippen molar-refractivity contribution in [2.45, 2.75) is 12.8 Å². The molecular formula is C15H16BrN5O3. The van der Waals surface area contributed by atoms with Gasteiger partial charge in [0.2, 0.25) is 0 Å². The summed E-state index contributed by atoms with van der Waals surface area (Å²) >= 11 is 3.32. The van der Waals surface area contributed by atoms with Crippen molar-refractivity contribution in [3.63, 3.8) is 0 Å². The Bertz CT molecular complexity index is 738. The van der Waals surface area contributed by atoms with Crippen molar-refractivity contribution in [1.82, 2.24) is 19.7 Å². The van der Waals surface area contributed by atoms with Gasteiger partial charge in [-0.1, -0.05) is 0 Å². The second-order valence-electron chi connectivity index (χ2n) is 5.49. The highest BCUT2D eigenvalue weighted by molar-refractivity contribution is 9.10. The molecule has 2 aromatic heterocycles. The third-order valence-electron chi connectivity index (χ3n) is 3.94. The van der Waals surface area contributed by atoms with Gasteiger partial charge in [-0.2, -0.15) is 9.78 Å². The minimum absolute atomic E-state index is 0.266. The van der Waals surface area contributed by atoms with Gasteiger partial charge in [0.05, 0.1) is 12.1 Å². The molecule has 1 saturated heterocycles. The molecule has 2 N–H and O–H groups in total. The average molecular weight is 394 g/mol. The number of carbonyl (C=O) groups is 2. The number of carboxylic acids is 1. The number of nitrogens with zero attached hydrogens (tertiary/aromatic N) is 4. The third-order valence-corrected chi connectivity index (χ3v) is 4.41. The maximum atomic E-state index is 12.4. The number of amides is 2. The van der Waals surface area contributed by atoms with Crippen molar-refractivity contribution in [3.8, 4) is 5.82 Å². The predicted octanol–water partition coefficient (Wildman–Crippen LogP) is 2.36. The van der Waals surface area contributed by atoms with Crippen LogP contribution in [0.5, 0.6) is 0 Å². The lowest BCUT2D eigenvalue weighted by molar-refractivity contribution is -0.143. The number of hydrogen-bond acceptors (Lipinski definition) is 4. The number of aromatic nitrogens is 3. The summed E-state index contributed by atoms with van der Waals surface area (Å²) in [4.78, 5) is 29.2. The number of anilines is 1. The molecule has 24 heavy (non-hydrogen) atoms. The lowest BCUT2D eigenvalue weighted by Gasteiger charge is -2.30. The van der Waals surface area contributed by atoms with Gasteiger partial charge in [-0.3, -0.25) is 10.1 Å². The van der Waals surface area contributed by atoms with Crippen LogP contribution in [0.15, 0.2) is 35.1 Å². The van der Waals surface area contributed by atoms with Crippen LogP contribution >= 0.6 is 15.9 Å². The summed E-state index contributed by atoms with van der Waals surface area (Å²) in [6.07, 6.45) is 4.17. The van der Waals surface area contributed by atoms with E-state index in [1.165, 1.54) is 4.68 Å². The minimum Gasteiger partial charge on any atom is -0.481 e. The van der Waals surface area contributed by atoms with Crippen molar-refractivity contribution in [3.05, 3.63) is 35.1 Å². The topological polar surface area (TPSA) is 100 Å². The molecule has 0 aliphatic carbocycles. The van der Waals surface area contributed by atoms with Crippen LogP contribution < -0.4 is 5.32 Å². The summed E-state index contributed by atoms with van der Waals surface area (Å²) in [5.74, 6) is -0.0701. The second-order valence-corrected chi connectivity index (χ2v) is 6.41. The fourth-order valence-corrected chi connectivity index (χ4v) is 2.83. The van der Waals surface area contributed by atoms with E-state index < -0.39 is 5.97 Å². The molecule has 1 fully saturated rings. The Kier molecular flexibility index (Phi) is 4.79. The van der Waals surface area contributed by atoms with Gasteiger partial charge in [0.15, 0.2) is 5.82 Å². The molecule has 0 saturated carbocycles. The number of urea groups is 1. The first kappa shape index (κ1) is 16.4. The maximum Gasteiger partial charge on any atom is 0.323 e. The molecule has 0 bridgehead atoms. The molecule has 1 aliphatic heterocycles. The van der Waals surface area contributed by atoms with Crippen molar-refractivity contribution < 1.29 is 14.7 Å². The van der Waals surface area contributed by atoms with Gasteiger partial charge in [-0.25, -0.2) is 9.78 Å². The number of aliphatic carboxylic acids is 1. The molecule has 0 unspecified atom stereocenters. The number of halogens is 1. The molecule has 0 radical (unpaired) electrons. The Hall–Kier alpha value is -2.42. The van der Waals surface area contributed by atoms with Crippen LogP contribution in [0.1, 0.15) is 12.8 Å². The van der Waals surface area contributed by atoms with E-state index >= 15 is 0 Å². The van der Waals surface area contributed by atoms with E-state index in [0.717, 1.165) is 4.47 Å². The Morgan fingerprint density at radius 2 is 2.00 bits per heavy atom. The molecule has 0 spiro atoms. The van der Waals surface area contributed by atoms with Crippen LogP contribution in [-0.4, -0.2) is 49.9 Å². The first-order chi connectivity index (χ1) is 11.5. The third kappa shape index (κ3) is 3.56. The largest absolute Gasteiger partial charge is 0.481 e. The fraction of sp³-hybridized carbons (Fsp3) is 0.333. The molecule has 2 aromatic rings. The Morgan fingerprint density at radius 3 is 2.62 bits per heavy atom. The van der Waals surface area contributed by atoms with Crippen molar-refractivity contribution in [2.24, 2.45) is 5.92 Å². The minimum atomic E-state index is -0.797. The van der Waals surface area contributed by atoms with Crippen molar-refractivity contribution in [2.75, 3.05) is 18.4 Å². The predicted molar refractivity (Wildman–Crippen MR) is 90.0 cm³/mol. The van der Waals surface area contributed by atoms with Crippen molar-refractivity contribution in [1.29, 1.82) is 0 Å². The standard InChI is InChI=1S/C15H16BrN5O3/c16-11-1-2-12(17-9-11)21-13(3-6-18-21)19-15(24)20-7-4-10(5-8-20)14(22)23/h1-3,6,9-10H,4-5,7-8H2,(H,19,24)(H,22,23). The molecule has 9 heteroatoms. The molecule has 8 nitrogen and oxygen atoms in total. The SMILES string of the molecule is O=C(O)C1CCN(C(=O)Nc2ccnn2-c2ccc(Br)cn2)CC1. The summed E-state index contributed by atoms with van der Waals surface area (Å²) < 4.78 is 2.39. The van der Waals surface area contributed by atoms with Crippen molar-refractivity contribution >= 4 is 33.7 Å². The molecule has 126 valence electrons. The summed E-state index contributed by atoms with van der Waals surface area (Å²) in [5, 5.41) is 16.0. The van der Waals surface area contributed by atoms with Crippen LogP contribution in [0, 0.1) is 5.92 Å². The number of piperidine rings is 1. The van der Waals surface area contributed by atoms with Gasteiger partial charge < -0.3 is 10.0 Å². The van der Waals surface area contributed by atoms with Gasteiger partial charge in [0.1, 0.15) is 5.82 Å². The molecule has 0 aromatic carbocycles. The molecule has 2 amide bonds. The van der Waals surface area contributed by atoms with Crippen LogP contribution in [-0.2, 0) is 4.79 Å². The zero-order valence-electron chi connectivity index (χ0n) is 12.7. The number of rotatable bonds is 3.